The molecule has 0 aliphatic carbocycles. The molecule has 0 amide bonds. The molecule has 0 heterocycles. The summed E-state index contributed by atoms with van der Waals surface area (Å²) in [5.41, 5.74) is 1.12. The smallest absolute Gasteiger partial charge is 0.344 e. The van der Waals surface area contributed by atoms with Crippen LogP contribution < -0.4 is 0 Å². The zero-order valence-corrected chi connectivity index (χ0v) is 11.2. The lowest BCUT2D eigenvalue weighted by Gasteiger charge is -2.05. The van der Waals surface area contributed by atoms with E-state index < -0.39 is 11.9 Å². The molecule has 0 bridgehead atoms. The lowest BCUT2D eigenvalue weighted by Crippen LogP contribution is -2.05. The van der Waals surface area contributed by atoms with Gasteiger partial charge in [0.1, 0.15) is 4.91 Å². The van der Waals surface area contributed by atoms with Gasteiger partial charge in [0.2, 0.25) is 0 Å². The van der Waals surface area contributed by atoms with Crippen LogP contribution in [0.5, 0.6) is 0 Å². The van der Waals surface area contributed by atoms with Crippen LogP contribution in [0.1, 0.15) is 5.56 Å². The Morgan fingerprint density at radius 3 is 2.22 bits per heavy atom. The lowest BCUT2D eigenvalue weighted by atomic mass is 10.2. The van der Waals surface area contributed by atoms with Gasteiger partial charge in [-0.1, -0.05) is 29.5 Å². The summed E-state index contributed by atoms with van der Waals surface area (Å²) in [6.45, 7) is 1.97. The Morgan fingerprint density at radius 2 is 1.72 bits per heavy atom. The Labute approximate surface area is 110 Å². The maximum absolute atomic E-state index is 11.5. The number of hydrogen-bond acceptors (Lipinski definition) is 5. The minimum atomic E-state index is -0.588. The van der Waals surface area contributed by atoms with Crippen molar-refractivity contribution in [3.63, 3.8) is 0 Å². The first-order valence-corrected chi connectivity index (χ1v) is 6.01. The maximum atomic E-state index is 11.5. The van der Waals surface area contributed by atoms with Gasteiger partial charge in [0.15, 0.2) is 0 Å². The molecule has 18 heavy (non-hydrogen) atoms. The van der Waals surface area contributed by atoms with Crippen LogP contribution in [0.3, 0.4) is 0 Å². The van der Waals surface area contributed by atoms with Gasteiger partial charge in [-0.15, -0.1) is 0 Å². The van der Waals surface area contributed by atoms with E-state index in [0.717, 1.165) is 28.3 Å². The van der Waals surface area contributed by atoms with E-state index in [1.807, 2.05) is 31.2 Å². The summed E-state index contributed by atoms with van der Waals surface area (Å²) in [5, 5.41) is 0. The number of aryl methyl sites for hydroxylation is 1. The predicted octanol–water partition coefficient (Wildman–Crippen LogP) is 2.32. The SMILES string of the molecule is COC(=O)/C=C(\Sc1ccc(C)cc1)C(=O)OC. The van der Waals surface area contributed by atoms with Gasteiger partial charge < -0.3 is 9.47 Å². The molecule has 0 fully saturated rings. The van der Waals surface area contributed by atoms with Crippen LogP contribution in [0.4, 0.5) is 0 Å². The molecule has 0 radical (unpaired) electrons. The van der Waals surface area contributed by atoms with E-state index >= 15 is 0 Å². The Balaban J connectivity index is 2.91. The summed E-state index contributed by atoms with van der Waals surface area (Å²) in [4.78, 5) is 23.7. The van der Waals surface area contributed by atoms with Crippen molar-refractivity contribution >= 4 is 23.7 Å². The average Bonchev–Trinajstić information content (AvgIpc) is 2.39. The quantitative estimate of drug-likeness (QED) is 0.475. The van der Waals surface area contributed by atoms with Crippen LogP contribution >= 0.6 is 11.8 Å². The fraction of sp³-hybridized carbons (Fsp3) is 0.231. The number of benzene rings is 1. The lowest BCUT2D eigenvalue weighted by molar-refractivity contribution is -0.137. The van der Waals surface area contributed by atoms with E-state index in [1.54, 1.807) is 0 Å². The average molecular weight is 266 g/mol. The molecule has 5 heteroatoms. The van der Waals surface area contributed by atoms with Crippen LogP contribution in [0.25, 0.3) is 0 Å². The number of carbonyl (C=O) groups excluding carboxylic acids is 2. The third-order valence-electron chi connectivity index (χ3n) is 2.09. The molecule has 0 aromatic heterocycles. The van der Waals surface area contributed by atoms with E-state index in [2.05, 4.69) is 9.47 Å². The monoisotopic (exact) mass is 266 g/mol. The first-order valence-electron chi connectivity index (χ1n) is 5.19. The molecule has 0 unspecified atom stereocenters. The molecular weight excluding hydrogens is 252 g/mol. The molecule has 1 rings (SSSR count). The molecular formula is C13H14O4S. The number of ether oxygens (including phenoxy) is 2. The van der Waals surface area contributed by atoms with Crippen LogP contribution in [0, 0.1) is 6.92 Å². The summed E-state index contributed by atoms with van der Waals surface area (Å²) in [7, 11) is 2.52. The summed E-state index contributed by atoms with van der Waals surface area (Å²) in [6, 6.07) is 7.59. The van der Waals surface area contributed by atoms with Crippen molar-refractivity contribution in [3.8, 4) is 0 Å². The Kier molecular flexibility index (Phi) is 5.45. The molecule has 0 atom stereocenters. The van der Waals surface area contributed by atoms with Gasteiger partial charge in [-0.25, -0.2) is 9.59 Å². The van der Waals surface area contributed by atoms with Gasteiger partial charge in [0, 0.05) is 11.0 Å². The van der Waals surface area contributed by atoms with Crippen molar-refractivity contribution in [2.75, 3.05) is 14.2 Å². The maximum Gasteiger partial charge on any atom is 0.344 e. The second-order valence-electron chi connectivity index (χ2n) is 3.44. The Bertz CT molecular complexity index is 462. The highest BCUT2D eigenvalue weighted by Gasteiger charge is 2.14. The third-order valence-corrected chi connectivity index (χ3v) is 3.10. The van der Waals surface area contributed by atoms with Gasteiger partial charge in [0.05, 0.1) is 14.2 Å². The van der Waals surface area contributed by atoms with Gasteiger partial charge in [-0.2, -0.15) is 0 Å². The van der Waals surface area contributed by atoms with E-state index in [9.17, 15) is 9.59 Å². The van der Waals surface area contributed by atoms with Crippen molar-refractivity contribution in [2.45, 2.75) is 11.8 Å². The number of methoxy groups -OCH3 is 2. The Morgan fingerprint density at radius 1 is 1.11 bits per heavy atom. The van der Waals surface area contributed by atoms with Crippen molar-refractivity contribution < 1.29 is 19.1 Å². The second-order valence-corrected chi connectivity index (χ2v) is 4.55. The van der Waals surface area contributed by atoms with Crippen LogP contribution in [-0.4, -0.2) is 26.2 Å². The minimum Gasteiger partial charge on any atom is -0.466 e. The number of hydrogen-bond donors (Lipinski definition) is 0. The van der Waals surface area contributed by atoms with Gasteiger partial charge in [-0.05, 0) is 19.1 Å². The number of thioether (sulfide) groups is 1. The topological polar surface area (TPSA) is 52.6 Å². The van der Waals surface area contributed by atoms with Crippen LogP contribution in [0.2, 0.25) is 0 Å². The third kappa shape index (κ3) is 4.25. The van der Waals surface area contributed by atoms with Crippen molar-refractivity contribution in [2.24, 2.45) is 0 Å². The van der Waals surface area contributed by atoms with E-state index in [1.165, 1.54) is 14.2 Å². The Hall–Kier alpha value is -1.75. The fourth-order valence-corrected chi connectivity index (χ4v) is 1.98. The normalized spacial score (nSPS) is 10.9. The first kappa shape index (κ1) is 14.3. The van der Waals surface area contributed by atoms with Crippen molar-refractivity contribution in [1.29, 1.82) is 0 Å². The molecule has 0 saturated heterocycles. The van der Waals surface area contributed by atoms with E-state index in [4.69, 9.17) is 0 Å². The summed E-state index contributed by atoms with van der Waals surface area (Å²) in [5.74, 6) is -1.15. The fourth-order valence-electron chi connectivity index (χ4n) is 1.13. The summed E-state index contributed by atoms with van der Waals surface area (Å²) in [6.07, 6.45) is 1.12. The largest absolute Gasteiger partial charge is 0.466 e. The second kappa shape index (κ2) is 6.86. The molecule has 1 aromatic rings. The molecule has 4 nitrogen and oxygen atoms in total. The number of esters is 2. The number of rotatable bonds is 4. The molecule has 0 aliphatic rings. The molecule has 1 aromatic carbocycles. The van der Waals surface area contributed by atoms with Crippen molar-refractivity contribution in [1.82, 2.24) is 0 Å². The highest BCUT2D eigenvalue weighted by molar-refractivity contribution is 8.04. The molecule has 0 N–H and O–H groups in total. The van der Waals surface area contributed by atoms with E-state index in [0.29, 0.717) is 0 Å². The van der Waals surface area contributed by atoms with Gasteiger partial charge in [0.25, 0.3) is 0 Å². The standard InChI is InChI=1S/C13H14O4S/c1-9-4-6-10(7-5-9)18-11(13(15)17-3)8-12(14)16-2/h4-8H,1-3H3/b11-8-. The van der Waals surface area contributed by atoms with E-state index in [-0.39, 0.29) is 4.91 Å². The number of carbonyl (C=O) groups is 2. The van der Waals surface area contributed by atoms with Crippen molar-refractivity contribution in [3.05, 3.63) is 40.8 Å². The zero-order valence-electron chi connectivity index (χ0n) is 10.4. The van der Waals surface area contributed by atoms with Crippen LogP contribution in [-0.2, 0) is 19.1 Å². The zero-order chi connectivity index (χ0) is 13.5. The molecule has 0 saturated carbocycles. The summed E-state index contributed by atoms with van der Waals surface area (Å²) >= 11 is 1.16. The summed E-state index contributed by atoms with van der Waals surface area (Å²) < 4.78 is 9.11. The molecule has 0 spiro atoms. The molecule has 0 aliphatic heterocycles. The highest BCUT2D eigenvalue weighted by atomic mass is 32.2. The molecule has 96 valence electrons. The van der Waals surface area contributed by atoms with Crippen LogP contribution in [0.15, 0.2) is 40.1 Å². The van der Waals surface area contributed by atoms with Gasteiger partial charge >= 0.3 is 11.9 Å². The predicted molar refractivity (Wildman–Crippen MR) is 69.2 cm³/mol. The first-order chi connectivity index (χ1) is 8.56. The highest BCUT2D eigenvalue weighted by Crippen LogP contribution is 2.27. The van der Waals surface area contributed by atoms with Gasteiger partial charge in [-0.3, -0.25) is 0 Å². The minimum absolute atomic E-state index is 0.188.